The van der Waals surface area contributed by atoms with Gasteiger partial charge in [-0.1, -0.05) is 23.4 Å². The molecule has 1 N–H and O–H groups in total. The Balaban J connectivity index is 2.07. The maximum absolute atomic E-state index is 5.94. The highest BCUT2D eigenvalue weighted by Gasteiger charge is 2.21. The van der Waals surface area contributed by atoms with Crippen molar-refractivity contribution in [2.24, 2.45) is 0 Å². The van der Waals surface area contributed by atoms with Gasteiger partial charge in [0.2, 0.25) is 0 Å². The van der Waals surface area contributed by atoms with Crippen LogP contribution in [0.5, 0.6) is 0 Å². The van der Waals surface area contributed by atoms with Crippen LogP contribution in [-0.4, -0.2) is 25.4 Å². The second kappa shape index (κ2) is 5.55. The normalized spacial score (nSPS) is 18.9. The lowest BCUT2D eigenvalue weighted by Gasteiger charge is -2.19. The molecule has 1 aromatic heterocycles. The number of likely N-dealkylation sites (N-methyl/N-ethyl adjacent to an activating group) is 1. The zero-order chi connectivity index (χ0) is 13.1. The summed E-state index contributed by atoms with van der Waals surface area (Å²) in [7, 11) is 1.96. The molecule has 0 unspecified atom stereocenters. The quantitative estimate of drug-likeness (QED) is 0.919. The minimum atomic E-state index is 0.127. The summed E-state index contributed by atoms with van der Waals surface area (Å²) in [6.07, 6.45) is 5.69. The van der Waals surface area contributed by atoms with Crippen molar-refractivity contribution in [1.82, 2.24) is 10.5 Å². The van der Waals surface area contributed by atoms with E-state index in [0.29, 0.717) is 0 Å². The first-order valence-corrected chi connectivity index (χ1v) is 6.68. The molecule has 1 aliphatic heterocycles. The summed E-state index contributed by atoms with van der Waals surface area (Å²) >= 11 is 0. The number of ether oxygens (including phenoxy) is 1. The van der Waals surface area contributed by atoms with E-state index in [9.17, 15) is 0 Å². The van der Waals surface area contributed by atoms with E-state index in [1.807, 2.05) is 7.05 Å². The van der Waals surface area contributed by atoms with Crippen LogP contribution in [0.4, 0.5) is 0 Å². The summed E-state index contributed by atoms with van der Waals surface area (Å²) in [6, 6.07) is 6.38. The first-order chi connectivity index (χ1) is 9.40. The summed E-state index contributed by atoms with van der Waals surface area (Å²) < 4.78 is 10.9. The molecule has 1 aromatic carbocycles. The van der Waals surface area contributed by atoms with Crippen molar-refractivity contribution >= 4 is 0 Å². The van der Waals surface area contributed by atoms with Gasteiger partial charge in [0.1, 0.15) is 6.26 Å². The van der Waals surface area contributed by atoms with Crippen molar-refractivity contribution in [2.45, 2.75) is 18.9 Å². The second-order valence-corrected chi connectivity index (χ2v) is 4.81. The number of nitrogens with one attached hydrogen (secondary N) is 1. The molecular weight excluding hydrogens is 240 g/mol. The van der Waals surface area contributed by atoms with Crippen LogP contribution in [0.15, 0.2) is 35.2 Å². The molecule has 0 saturated carbocycles. The van der Waals surface area contributed by atoms with E-state index in [4.69, 9.17) is 9.26 Å². The third-order valence-corrected chi connectivity index (χ3v) is 3.58. The van der Waals surface area contributed by atoms with Crippen LogP contribution >= 0.6 is 0 Å². The molecule has 0 radical (unpaired) electrons. The number of benzene rings is 1. The fourth-order valence-electron chi connectivity index (χ4n) is 2.71. The molecule has 4 nitrogen and oxygen atoms in total. The second-order valence-electron chi connectivity index (χ2n) is 4.81. The Morgan fingerprint density at radius 2 is 2.37 bits per heavy atom. The van der Waals surface area contributed by atoms with Crippen LogP contribution in [0.25, 0.3) is 11.1 Å². The molecule has 0 fully saturated rings. The predicted molar refractivity (Wildman–Crippen MR) is 72.9 cm³/mol. The molecule has 1 atom stereocenters. The highest BCUT2D eigenvalue weighted by molar-refractivity contribution is 5.67. The van der Waals surface area contributed by atoms with Crippen LogP contribution in [0.2, 0.25) is 0 Å². The van der Waals surface area contributed by atoms with E-state index in [1.165, 1.54) is 16.7 Å². The third-order valence-electron chi connectivity index (χ3n) is 3.58. The molecule has 0 aliphatic carbocycles. The van der Waals surface area contributed by atoms with Crippen molar-refractivity contribution in [3.8, 4) is 11.1 Å². The van der Waals surface area contributed by atoms with Crippen LogP contribution in [0, 0.1) is 0 Å². The highest BCUT2D eigenvalue weighted by Crippen LogP contribution is 2.33. The van der Waals surface area contributed by atoms with Gasteiger partial charge in [0.25, 0.3) is 0 Å². The van der Waals surface area contributed by atoms with E-state index in [-0.39, 0.29) is 6.10 Å². The van der Waals surface area contributed by atoms with Crippen LogP contribution in [0.1, 0.15) is 23.7 Å². The van der Waals surface area contributed by atoms with Gasteiger partial charge in [-0.3, -0.25) is 0 Å². The Labute approximate surface area is 112 Å². The first kappa shape index (κ1) is 12.4. The van der Waals surface area contributed by atoms with E-state index >= 15 is 0 Å². The fourth-order valence-corrected chi connectivity index (χ4v) is 2.71. The molecule has 0 spiro atoms. The Morgan fingerprint density at radius 3 is 3.16 bits per heavy atom. The zero-order valence-electron chi connectivity index (χ0n) is 11.1. The highest BCUT2D eigenvalue weighted by atomic mass is 16.5. The lowest BCUT2D eigenvalue weighted by atomic mass is 9.92. The summed E-state index contributed by atoms with van der Waals surface area (Å²) in [5.41, 5.74) is 4.90. The Morgan fingerprint density at radius 1 is 1.42 bits per heavy atom. The molecule has 3 rings (SSSR count). The molecule has 0 saturated heterocycles. The minimum absolute atomic E-state index is 0.127. The van der Waals surface area contributed by atoms with Gasteiger partial charge in [0.15, 0.2) is 0 Å². The summed E-state index contributed by atoms with van der Waals surface area (Å²) in [4.78, 5) is 0. The largest absolute Gasteiger partial charge is 0.372 e. The van der Waals surface area contributed by atoms with Gasteiger partial charge in [-0.15, -0.1) is 0 Å². The summed E-state index contributed by atoms with van der Waals surface area (Å²) in [6.45, 7) is 1.64. The van der Waals surface area contributed by atoms with E-state index in [0.717, 1.165) is 31.6 Å². The van der Waals surface area contributed by atoms with Gasteiger partial charge in [0.05, 0.1) is 12.3 Å². The minimum Gasteiger partial charge on any atom is -0.372 e. The smallest absolute Gasteiger partial charge is 0.131 e. The van der Waals surface area contributed by atoms with Crippen molar-refractivity contribution in [2.75, 3.05) is 20.2 Å². The van der Waals surface area contributed by atoms with Gasteiger partial charge in [0, 0.05) is 18.7 Å². The topological polar surface area (TPSA) is 47.3 Å². The molecular formula is C15H18N2O2. The Bertz CT molecular complexity index is 537. The van der Waals surface area contributed by atoms with E-state index < -0.39 is 0 Å². The van der Waals surface area contributed by atoms with Crippen LogP contribution in [-0.2, 0) is 11.2 Å². The van der Waals surface area contributed by atoms with Gasteiger partial charge >= 0.3 is 0 Å². The lowest BCUT2D eigenvalue weighted by Crippen LogP contribution is -2.19. The maximum atomic E-state index is 5.94. The number of rotatable bonds is 3. The average molecular weight is 258 g/mol. The number of nitrogens with zero attached hydrogens (tertiary/aromatic N) is 1. The summed E-state index contributed by atoms with van der Waals surface area (Å²) in [5, 5.41) is 7.01. The van der Waals surface area contributed by atoms with Crippen LogP contribution in [0.3, 0.4) is 0 Å². The number of fused-ring (bicyclic) bond motifs is 1. The maximum Gasteiger partial charge on any atom is 0.131 e. The fraction of sp³-hybridized carbons (Fsp3) is 0.400. The lowest BCUT2D eigenvalue weighted by molar-refractivity contribution is 0.0579. The van der Waals surface area contributed by atoms with Crippen molar-refractivity contribution in [1.29, 1.82) is 0 Å². The average Bonchev–Trinajstić information content (AvgIpc) is 2.89. The molecule has 2 aromatic rings. The zero-order valence-corrected chi connectivity index (χ0v) is 11.1. The molecule has 4 heteroatoms. The molecule has 0 bridgehead atoms. The third kappa shape index (κ3) is 2.41. The van der Waals surface area contributed by atoms with Gasteiger partial charge in [-0.05, 0) is 36.6 Å². The van der Waals surface area contributed by atoms with Gasteiger partial charge in [-0.25, -0.2) is 0 Å². The SMILES string of the molecule is CNC[C@H]1OCCCc2c(-c3cnoc3)cccc21. The van der Waals surface area contributed by atoms with Crippen molar-refractivity contribution in [3.63, 3.8) is 0 Å². The molecule has 19 heavy (non-hydrogen) atoms. The standard InChI is InChI=1S/C15H18N2O2/c1-16-9-15-14-5-2-4-12(11-8-17-19-10-11)13(14)6-3-7-18-15/h2,4-5,8,10,15-16H,3,6-7,9H2,1H3/t15-/m1/s1. The number of aromatic nitrogens is 1. The van der Waals surface area contributed by atoms with Crippen molar-refractivity contribution < 1.29 is 9.26 Å². The van der Waals surface area contributed by atoms with Crippen molar-refractivity contribution in [3.05, 3.63) is 41.8 Å². The summed E-state index contributed by atoms with van der Waals surface area (Å²) in [5.74, 6) is 0. The van der Waals surface area contributed by atoms with Crippen LogP contribution < -0.4 is 5.32 Å². The Kier molecular flexibility index (Phi) is 3.62. The first-order valence-electron chi connectivity index (χ1n) is 6.68. The van der Waals surface area contributed by atoms with Gasteiger partial charge < -0.3 is 14.6 Å². The number of hydrogen-bond donors (Lipinski definition) is 1. The predicted octanol–water partition coefficient (Wildman–Crippen LogP) is 2.56. The van der Waals surface area contributed by atoms with E-state index in [1.54, 1.807) is 12.5 Å². The Hall–Kier alpha value is -1.65. The molecule has 0 amide bonds. The van der Waals surface area contributed by atoms with Gasteiger partial charge in [-0.2, -0.15) is 0 Å². The molecule has 100 valence electrons. The number of hydrogen-bond acceptors (Lipinski definition) is 4. The molecule has 2 heterocycles. The monoisotopic (exact) mass is 258 g/mol. The molecule has 1 aliphatic rings. The van der Waals surface area contributed by atoms with E-state index in [2.05, 4.69) is 28.7 Å².